The maximum Gasteiger partial charge on any atom is 0.127 e. The van der Waals surface area contributed by atoms with E-state index in [2.05, 4.69) is 5.32 Å². The summed E-state index contributed by atoms with van der Waals surface area (Å²) in [6.45, 7) is 1.63. The summed E-state index contributed by atoms with van der Waals surface area (Å²) in [4.78, 5) is 0. The van der Waals surface area contributed by atoms with Crippen molar-refractivity contribution in [2.75, 3.05) is 12.3 Å². The molecule has 96 valence electrons. The fraction of sp³-hybridized carbons (Fsp3) is 0.286. The van der Waals surface area contributed by atoms with Crippen LogP contribution in [0, 0.1) is 5.82 Å². The van der Waals surface area contributed by atoms with E-state index >= 15 is 0 Å². The Bertz CT molecular complexity index is 459. The van der Waals surface area contributed by atoms with Gasteiger partial charge in [-0.3, -0.25) is 0 Å². The molecule has 0 saturated heterocycles. The van der Waals surface area contributed by atoms with Gasteiger partial charge in [0, 0.05) is 18.1 Å². The molecular weight excluding hydrogens is 249 g/mol. The first-order valence-corrected chi connectivity index (χ1v) is 7.06. The largest absolute Gasteiger partial charge is 0.468 e. The second-order valence-electron chi connectivity index (χ2n) is 3.90. The minimum Gasteiger partial charge on any atom is -0.468 e. The van der Waals surface area contributed by atoms with Gasteiger partial charge in [0.15, 0.2) is 0 Å². The molecular formula is C14H16FNOS. The van der Waals surface area contributed by atoms with Gasteiger partial charge in [-0.1, -0.05) is 18.2 Å². The Morgan fingerprint density at radius 1 is 1.17 bits per heavy atom. The Hall–Kier alpha value is -1.26. The van der Waals surface area contributed by atoms with Crippen molar-refractivity contribution in [2.45, 2.75) is 12.3 Å². The van der Waals surface area contributed by atoms with E-state index in [0.29, 0.717) is 0 Å². The Morgan fingerprint density at radius 3 is 2.83 bits per heavy atom. The predicted molar refractivity (Wildman–Crippen MR) is 73.0 cm³/mol. The van der Waals surface area contributed by atoms with E-state index in [-0.39, 0.29) is 5.82 Å². The normalized spacial score (nSPS) is 10.7. The molecule has 1 N–H and O–H groups in total. The second-order valence-corrected chi connectivity index (χ2v) is 5.01. The van der Waals surface area contributed by atoms with Crippen molar-refractivity contribution in [2.24, 2.45) is 0 Å². The minimum absolute atomic E-state index is 0.117. The molecule has 0 aliphatic rings. The lowest BCUT2D eigenvalue weighted by molar-refractivity contribution is 0.488. The van der Waals surface area contributed by atoms with Gasteiger partial charge < -0.3 is 9.73 Å². The van der Waals surface area contributed by atoms with E-state index in [4.69, 9.17) is 4.42 Å². The molecule has 0 saturated carbocycles. The number of rotatable bonds is 7. The van der Waals surface area contributed by atoms with Gasteiger partial charge >= 0.3 is 0 Å². The van der Waals surface area contributed by atoms with Crippen molar-refractivity contribution in [1.82, 2.24) is 5.32 Å². The molecule has 2 aromatic rings. The average Bonchev–Trinajstić information content (AvgIpc) is 2.89. The molecule has 2 rings (SSSR count). The summed E-state index contributed by atoms with van der Waals surface area (Å²) in [5.74, 6) is 2.49. The number of benzene rings is 1. The van der Waals surface area contributed by atoms with Crippen LogP contribution in [-0.2, 0) is 12.3 Å². The summed E-state index contributed by atoms with van der Waals surface area (Å²) in [5, 5.41) is 3.28. The first-order valence-electron chi connectivity index (χ1n) is 5.90. The Kier molecular flexibility index (Phi) is 5.30. The van der Waals surface area contributed by atoms with Crippen LogP contribution in [0.1, 0.15) is 11.3 Å². The second kappa shape index (κ2) is 7.24. The number of halogens is 1. The minimum atomic E-state index is -0.117. The van der Waals surface area contributed by atoms with Crippen LogP contribution < -0.4 is 5.32 Å². The van der Waals surface area contributed by atoms with Crippen LogP contribution in [0.15, 0.2) is 47.1 Å². The summed E-state index contributed by atoms with van der Waals surface area (Å²) in [7, 11) is 0. The maximum absolute atomic E-state index is 13.3. The predicted octanol–water partition coefficient (Wildman–Crippen LogP) is 3.44. The van der Waals surface area contributed by atoms with Crippen molar-refractivity contribution in [1.29, 1.82) is 0 Å². The van der Waals surface area contributed by atoms with Gasteiger partial charge in [0.05, 0.1) is 12.8 Å². The van der Waals surface area contributed by atoms with Gasteiger partial charge in [0.25, 0.3) is 0 Å². The van der Waals surface area contributed by atoms with Crippen LogP contribution in [0.3, 0.4) is 0 Å². The number of nitrogens with one attached hydrogen (secondary N) is 1. The third-order valence-corrected chi connectivity index (χ3v) is 3.53. The van der Waals surface area contributed by atoms with Gasteiger partial charge in [-0.15, -0.1) is 0 Å². The Balaban J connectivity index is 1.58. The highest BCUT2D eigenvalue weighted by Crippen LogP contribution is 2.14. The van der Waals surface area contributed by atoms with Crippen LogP contribution in [-0.4, -0.2) is 12.3 Å². The third-order valence-electron chi connectivity index (χ3n) is 2.52. The Morgan fingerprint density at radius 2 is 2.06 bits per heavy atom. The number of thioether (sulfide) groups is 1. The highest BCUT2D eigenvalue weighted by atomic mass is 32.2. The van der Waals surface area contributed by atoms with Gasteiger partial charge in [0.2, 0.25) is 0 Å². The molecule has 1 aromatic carbocycles. The molecule has 0 radical (unpaired) electrons. The summed E-state index contributed by atoms with van der Waals surface area (Å²) in [5.41, 5.74) is 0.772. The molecule has 0 aliphatic carbocycles. The highest BCUT2D eigenvalue weighted by Gasteiger charge is 2.00. The lowest BCUT2D eigenvalue weighted by Gasteiger charge is -2.04. The maximum atomic E-state index is 13.3. The van der Waals surface area contributed by atoms with E-state index in [1.165, 1.54) is 6.07 Å². The Labute approximate surface area is 111 Å². The third kappa shape index (κ3) is 4.20. The van der Waals surface area contributed by atoms with E-state index in [1.807, 2.05) is 24.3 Å². The quantitative estimate of drug-likeness (QED) is 0.776. The average molecular weight is 265 g/mol. The molecule has 0 aliphatic heterocycles. The molecule has 1 heterocycles. The topological polar surface area (TPSA) is 25.2 Å². The smallest absolute Gasteiger partial charge is 0.127 e. The molecule has 18 heavy (non-hydrogen) atoms. The van der Waals surface area contributed by atoms with Crippen molar-refractivity contribution in [3.05, 3.63) is 59.8 Å². The van der Waals surface area contributed by atoms with Gasteiger partial charge in [0.1, 0.15) is 11.6 Å². The van der Waals surface area contributed by atoms with Crippen molar-refractivity contribution in [3.63, 3.8) is 0 Å². The summed E-state index contributed by atoms with van der Waals surface area (Å²) in [6.07, 6.45) is 1.67. The van der Waals surface area contributed by atoms with E-state index in [9.17, 15) is 4.39 Å². The van der Waals surface area contributed by atoms with Crippen molar-refractivity contribution in [3.8, 4) is 0 Å². The molecule has 0 bridgehead atoms. The van der Waals surface area contributed by atoms with Gasteiger partial charge in [-0.2, -0.15) is 11.8 Å². The highest BCUT2D eigenvalue weighted by molar-refractivity contribution is 7.98. The molecule has 1 aromatic heterocycles. The molecule has 2 nitrogen and oxygen atoms in total. The molecule has 0 spiro atoms. The lowest BCUT2D eigenvalue weighted by atomic mass is 10.2. The number of hydrogen-bond donors (Lipinski definition) is 1. The molecule has 0 unspecified atom stereocenters. The lowest BCUT2D eigenvalue weighted by Crippen LogP contribution is -2.16. The molecule has 0 amide bonds. The summed E-state index contributed by atoms with van der Waals surface area (Å²) >= 11 is 1.72. The van der Waals surface area contributed by atoms with E-state index in [1.54, 1.807) is 24.1 Å². The molecule has 4 heteroatoms. The van der Waals surface area contributed by atoms with Crippen LogP contribution in [0.2, 0.25) is 0 Å². The van der Waals surface area contributed by atoms with Crippen molar-refractivity contribution < 1.29 is 8.81 Å². The monoisotopic (exact) mass is 265 g/mol. The summed E-state index contributed by atoms with van der Waals surface area (Å²) < 4.78 is 18.5. The van der Waals surface area contributed by atoms with Crippen LogP contribution in [0.4, 0.5) is 4.39 Å². The van der Waals surface area contributed by atoms with Crippen molar-refractivity contribution >= 4 is 11.8 Å². The fourth-order valence-electron chi connectivity index (χ4n) is 1.57. The van der Waals surface area contributed by atoms with E-state index < -0.39 is 0 Å². The SMILES string of the molecule is Fc1ccccc1CSCCNCc1ccco1. The van der Waals surface area contributed by atoms with E-state index in [0.717, 1.165) is 35.9 Å². The zero-order valence-corrected chi connectivity index (χ0v) is 10.9. The van der Waals surface area contributed by atoms with Crippen LogP contribution >= 0.6 is 11.8 Å². The number of furan rings is 1. The van der Waals surface area contributed by atoms with Gasteiger partial charge in [-0.25, -0.2) is 4.39 Å². The van der Waals surface area contributed by atoms with Gasteiger partial charge in [-0.05, 0) is 23.8 Å². The zero-order valence-electron chi connectivity index (χ0n) is 10.1. The first kappa shape index (κ1) is 13.2. The fourth-order valence-corrected chi connectivity index (χ4v) is 2.45. The number of hydrogen-bond acceptors (Lipinski definition) is 3. The molecule has 0 atom stereocenters. The zero-order chi connectivity index (χ0) is 12.6. The van der Waals surface area contributed by atoms with Crippen LogP contribution in [0.25, 0.3) is 0 Å². The van der Waals surface area contributed by atoms with Crippen LogP contribution in [0.5, 0.6) is 0 Å². The molecule has 0 fully saturated rings. The standard InChI is InChI=1S/C14H16FNOS/c15-14-6-2-1-4-12(14)11-18-9-7-16-10-13-5-3-8-17-13/h1-6,8,16H,7,9-11H2. The summed E-state index contributed by atoms with van der Waals surface area (Å²) in [6, 6.07) is 10.7. The first-order chi connectivity index (χ1) is 8.86.